The van der Waals surface area contributed by atoms with Crippen LogP contribution in [0.4, 0.5) is 0 Å². The van der Waals surface area contributed by atoms with Gasteiger partial charge in [0.1, 0.15) is 17.2 Å². The average molecular weight is 378 g/mol. The number of carboxylic acid groups (broad SMARTS) is 1. The van der Waals surface area contributed by atoms with Gasteiger partial charge in [-0.15, -0.1) is 11.3 Å². The summed E-state index contributed by atoms with van der Waals surface area (Å²) in [6, 6.07) is 5.51. The summed E-state index contributed by atoms with van der Waals surface area (Å²) < 4.78 is 7.83. The highest BCUT2D eigenvalue weighted by Gasteiger charge is 2.26. The van der Waals surface area contributed by atoms with Gasteiger partial charge in [0.25, 0.3) is 0 Å². The summed E-state index contributed by atoms with van der Waals surface area (Å²) >= 11 is 7.37. The normalized spacial score (nSPS) is 15.1. The van der Waals surface area contributed by atoms with Crippen LogP contribution >= 0.6 is 22.9 Å². The van der Waals surface area contributed by atoms with Gasteiger partial charge in [0.15, 0.2) is 5.76 Å². The maximum absolute atomic E-state index is 11.6. The molecule has 4 rings (SSSR count). The van der Waals surface area contributed by atoms with Crippen molar-refractivity contribution in [2.24, 2.45) is 0 Å². The SMILES string of the molecule is O=C(O)c1cnc(C2CCCC2)n1Cc1cc(-c2ccc(Cl)s2)on1. The Morgan fingerprint density at radius 1 is 1.40 bits per heavy atom. The number of nitrogens with zero attached hydrogens (tertiary/aromatic N) is 3. The zero-order valence-corrected chi connectivity index (χ0v) is 14.9. The number of thiophene rings is 1. The summed E-state index contributed by atoms with van der Waals surface area (Å²) in [6.45, 7) is 0.329. The smallest absolute Gasteiger partial charge is 0.354 e. The monoisotopic (exact) mass is 377 g/mol. The van der Waals surface area contributed by atoms with Crippen LogP contribution in [0, 0.1) is 0 Å². The number of aromatic nitrogens is 3. The highest BCUT2D eigenvalue weighted by Crippen LogP contribution is 2.35. The van der Waals surface area contributed by atoms with Crippen LogP contribution in [0.25, 0.3) is 10.6 Å². The molecule has 1 aliphatic carbocycles. The Morgan fingerprint density at radius 2 is 2.20 bits per heavy atom. The molecule has 25 heavy (non-hydrogen) atoms. The van der Waals surface area contributed by atoms with E-state index in [0.717, 1.165) is 36.4 Å². The van der Waals surface area contributed by atoms with Crippen LogP contribution < -0.4 is 0 Å². The number of carbonyl (C=O) groups is 1. The number of rotatable bonds is 5. The molecule has 1 fully saturated rings. The summed E-state index contributed by atoms with van der Waals surface area (Å²) in [6.07, 6.45) is 5.86. The maximum Gasteiger partial charge on any atom is 0.354 e. The van der Waals surface area contributed by atoms with E-state index in [1.807, 2.05) is 12.1 Å². The minimum Gasteiger partial charge on any atom is -0.477 e. The van der Waals surface area contributed by atoms with Crippen LogP contribution in [0.3, 0.4) is 0 Å². The first-order chi connectivity index (χ1) is 12.1. The second-order valence-corrected chi connectivity index (χ2v) is 7.88. The predicted molar refractivity (Wildman–Crippen MR) is 94.3 cm³/mol. The second kappa shape index (κ2) is 6.65. The number of imidazole rings is 1. The fourth-order valence-corrected chi connectivity index (χ4v) is 4.34. The van der Waals surface area contributed by atoms with Gasteiger partial charge < -0.3 is 14.2 Å². The van der Waals surface area contributed by atoms with Crippen molar-refractivity contribution in [2.45, 2.75) is 38.1 Å². The Labute approximate surface area is 153 Å². The topological polar surface area (TPSA) is 81.1 Å². The van der Waals surface area contributed by atoms with E-state index < -0.39 is 5.97 Å². The number of carboxylic acids is 1. The van der Waals surface area contributed by atoms with Crippen molar-refractivity contribution in [3.63, 3.8) is 0 Å². The first-order valence-corrected chi connectivity index (χ1v) is 9.31. The fourth-order valence-electron chi connectivity index (χ4n) is 3.35. The molecular weight excluding hydrogens is 362 g/mol. The molecule has 0 amide bonds. The first-order valence-electron chi connectivity index (χ1n) is 8.12. The van der Waals surface area contributed by atoms with Crippen LogP contribution in [0.2, 0.25) is 4.34 Å². The van der Waals surface area contributed by atoms with E-state index in [1.54, 1.807) is 10.6 Å². The molecule has 3 aromatic heterocycles. The molecule has 0 spiro atoms. The van der Waals surface area contributed by atoms with Crippen LogP contribution in [-0.2, 0) is 6.54 Å². The standard InChI is InChI=1S/C17H16ClN3O3S/c18-15-6-5-14(25-15)13-7-11(20-24-13)9-21-12(17(22)23)8-19-16(21)10-3-1-2-4-10/h5-8,10H,1-4,9H2,(H,22,23). The molecule has 8 heteroatoms. The lowest BCUT2D eigenvalue weighted by Crippen LogP contribution is -2.14. The van der Waals surface area contributed by atoms with Crippen molar-refractivity contribution in [1.29, 1.82) is 0 Å². The Bertz CT molecular complexity index is 908. The Balaban J connectivity index is 1.64. The van der Waals surface area contributed by atoms with Gasteiger partial charge in [0.2, 0.25) is 0 Å². The first kappa shape index (κ1) is 16.4. The minimum atomic E-state index is -0.981. The highest BCUT2D eigenvalue weighted by atomic mass is 35.5. The van der Waals surface area contributed by atoms with E-state index in [0.29, 0.717) is 28.3 Å². The molecule has 0 unspecified atom stereocenters. The molecule has 1 saturated carbocycles. The van der Waals surface area contributed by atoms with E-state index >= 15 is 0 Å². The van der Waals surface area contributed by atoms with Gasteiger partial charge in [0, 0.05) is 12.0 Å². The van der Waals surface area contributed by atoms with Gasteiger partial charge in [-0.1, -0.05) is 29.6 Å². The maximum atomic E-state index is 11.6. The molecule has 0 aromatic carbocycles. The van der Waals surface area contributed by atoms with Crippen molar-refractivity contribution in [2.75, 3.05) is 0 Å². The molecule has 6 nitrogen and oxygen atoms in total. The molecule has 3 aromatic rings. The predicted octanol–water partition coefficient (Wildman–Crippen LogP) is 4.66. The molecule has 1 N–H and O–H groups in total. The van der Waals surface area contributed by atoms with E-state index in [2.05, 4.69) is 10.1 Å². The van der Waals surface area contributed by atoms with Crippen LogP contribution in [0.15, 0.2) is 28.9 Å². The molecular formula is C17H16ClN3O3S. The quantitative estimate of drug-likeness (QED) is 0.699. The van der Waals surface area contributed by atoms with Gasteiger partial charge in [-0.3, -0.25) is 0 Å². The van der Waals surface area contributed by atoms with Crippen molar-refractivity contribution in [3.8, 4) is 10.6 Å². The molecule has 0 aliphatic heterocycles. The van der Waals surface area contributed by atoms with Gasteiger partial charge in [-0.05, 0) is 25.0 Å². The van der Waals surface area contributed by atoms with E-state index in [1.165, 1.54) is 17.5 Å². The van der Waals surface area contributed by atoms with Gasteiger partial charge in [0.05, 0.1) is 22.0 Å². The largest absolute Gasteiger partial charge is 0.477 e. The van der Waals surface area contributed by atoms with Crippen molar-refractivity contribution < 1.29 is 14.4 Å². The summed E-state index contributed by atoms with van der Waals surface area (Å²) in [7, 11) is 0. The summed E-state index contributed by atoms with van der Waals surface area (Å²) in [5, 5.41) is 13.6. The van der Waals surface area contributed by atoms with Crippen LogP contribution in [-0.4, -0.2) is 25.8 Å². The van der Waals surface area contributed by atoms with E-state index in [4.69, 9.17) is 16.1 Å². The van der Waals surface area contributed by atoms with Crippen molar-refractivity contribution in [1.82, 2.24) is 14.7 Å². The Hall–Kier alpha value is -2.12. The Morgan fingerprint density at radius 3 is 2.88 bits per heavy atom. The third kappa shape index (κ3) is 3.21. The average Bonchev–Trinajstić information content (AvgIpc) is 3.34. The molecule has 0 atom stereocenters. The fraction of sp³-hybridized carbons (Fsp3) is 0.353. The van der Waals surface area contributed by atoms with E-state index in [9.17, 15) is 9.90 Å². The van der Waals surface area contributed by atoms with Gasteiger partial charge in [-0.25, -0.2) is 9.78 Å². The molecule has 0 radical (unpaired) electrons. The molecule has 1 aliphatic rings. The minimum absolute atomic E-state index is 0.186. The lowest BCUT2D eigenvalue weighted by Gasteiger charge is -2.13. The van der Waals surface area contributed by atoms with Gasteiger partial charge >= 0.3 is 5.97 Å². The van der Waals surface area contributed by atoms with Crippen molar-refractivity contribution in [3.05, 3.63) is 45.9 Å². The van der Waals surface area contributed by atoms with Crippen molar-refractivity contribution >= 4 is 28.9 Å². The highest BCUT2D eigenvalue weighted by molar-refractivity contribution is 7.19. The third-order valence-electron chi connectivity index (χ3n) is 4.52. The summed E-state index contributed by atoms with van der Waals surface area (Å²) in [5.74, 6) is 0.797. The number of hydrogen-bond donors (Lipinski definition) is 1. The summed E-state index contributed by atoms with van der Waals surface area (Å²) in [5.41, 5.74) is 0.852. The lowest BCUT2D eigenvalue weighted by atomic mass is 10.1. The lowest BCUT2D eigenvalue weighted by molar-refractivity contribution is 0.0685. The van der Waals surface area contributed by atoms with E-state index in [-0.39, 0.29) is 5.69 Å². The third-order valence-corrected chi connectivity index (χ3v) is 5.77. The Kier molecular flexibility index (Phi) is 4.35. The second-order valence-electron chi connectivity index (χ2n) is 6.16. The zero-order valence-electron chi connectivity index (χ0n) is 13.3. The zero-order chi connectivity index (χ0) is 17.4. The number of halogens is 1. The summed E-state index contributed by atoms with van der Waals surface area (Å²) in [4.78, 5) is 16.8. The van der Waals surface area contributed by atoms with Crippen LogP contribution in [0.1, 0.15) is 53.6 Å². The number of aromatic carboxylic acids is 1. The molecule has 0 bridgehead atoms. The molecule has 130 valence electrons. The van der Waals surface area contributed by atoms with Gasteiger partial charge in [-0.2, -0.15) is 0 Å². The molecule has 0 saturated heterocycles. The number of hydrogen-bond acceptors (Lipinski definition) is 5. The molecule has 3 heterocycles. The van der Waals surface area contributed by atoms with Crippen LogP contribution in [0.5, 0.6) is 0 Å².